The molecule has 0 amide bonds. The van der Waals surface area contributed by atoms with Crippen LogP contribution < -0.4 is 0 Å². The summed E-state index contributed by atoms with van der Waals surface area (Å²) >= 11 is 0. The number of hydrogen-bond acceptors (Lipinski definition) is 6. The summed E-state index contributed by atoms with van der Waals surface area (Å²) in [6.45, 7) is 4.02. The Labute approximate surface area is 253 Å². The Morgan fingerprint density at radius 1 is 0.953 bits per heavy atom. The number of aromatic amines is 1. The Morgan fingerprint density at radius 2 is 1.84 bits per heavy atom. The molecule has 43 heavy (non-hydrogen) atoms. The summed E-state index contributed by atoms with van der Waals surface area (Å²) in [5.74, 6) is 0.898. The van der Waals surface area contributed by atoms with Crippen LogP contribution in [0.15, 0.2) is 48.7 Å². The SMILES string of the molecule is O=C1CCCN2C(CC1)C[C@]13CN4CCCC/C=C/CC[C@](O)(C=C(c5nccc6c5[nH]c5c(O)cccc56)[C@@H]1CC4)[C@H]23. The van der Waals surface area contributed by atoms with E-state index in [0.717, 1.165) is 92.2 Å². The number of fused-ring (bicyclic) bond motifs is 5. The predicted molar refractivity (Wildman–Crippen MR) is 170 cm³/mol. The van der Waals surface area contributed by atoms with Crippen molar-refractivity contribution < 1.29 is 15.0 Å². The van der Waals surface area contributed by atoms with Gasteiger partial charge in [0.05, 0.1) is 22.3 Å². The van der Waals surface area contributed by atoms with E-state index in [1.807, 2.05) is 18.3 Å². The summed E-state index contributed by atoms with van der Waals surface area (Å²) < 4.78 is 0. The van der Waals surface area contributed by atoms with Crippen molar-refractivity contribution in [2.24, 2.45) is 11.3 Å². The molecule has 1 spiro atoms. The smallest absolute Gasteiger partial charge is 0.139 e. The van der Waals surface area contributed by atoms with E-state index in [0.29, 0.717) is 31.1 Å². The van der Waals surface area contributed by atoms with Crippen molar-refractivity contribution in [3.8, 4) is 5.75 Å². The number of benzene rings is 1. The second-order valence-electron chi connectivity index (χ2n) is 14.0. The number of piperidine rings is 1. The highest BCUT2D eigenvalue weighted by Gasteiger charge is 2.66. The van der Waals surface area contributed by atoms with Gasteiger partial charge in [0.25, 0.3) is 0 Å². The number of aromatic nitrogens is 2. The first-order valence-corrected chi connectivity index (χ1v) is 16.7. The fraction of sp³-hybridized carbons (Fsp3) is 0.556. The van der Waals surface area contributed by atoms with E-state index >= 15 is 0 Å². The molecule has 8 rings (SSSR count). The van der Waals surface area contributed by atoms with Crippen LogP contribution in [0.5, 0.6) is 5.75 Å². The van der Waals surface area contributed by atoms with Crippen molar-refractivity contribution in [2.75, 3.05) is 26.2 Å². The maximum Gasteiger partial charge on any atom is 0.139 e. The highest BCUT2D eigenvalue weighted by molar-refractivity contribution is 6.11. The van der Waals surface area contributed by atoms with Gasteiger partial charge in [-0.05, 0) is 107 Å². The molecule has 1 aliphatic carbocycles. The summed E-state index contributed by atoms with van der Waals surface area (Å²) in [4.78, 5) is 26.5. The second kappa shape index (κ2) is 10.6. The summed E-state index contributed by atoms with van der Waals surface area (Å²) in [6, 6.07) is 8.04. The molecule has 0 saturated carbocycles. The molecule has 3 bridgehead atoms. The van der Waals surface area contributed by atoms with E-state index < -0.39 is 5.60 Å². The lowest BCUT2D eigenvalue weighted by Gasteiger charge is -2.58. The number of pyridine rings is 1. The zero-order chi connectivity index (χ0) is 29.2. The Hall–Kier alpha value is -3.00. The maximum atomic E-state index is 13.1. The van der Waals surface area contributed by atoms with Crippen LogP contribution in [0.2, 0.25) is 0 Å². The van der Waals surface area contributed by atoms with Crippen molar-refractivity contribution in [3.63, 3.8) is 0 Å². The summed E-state index contributed by atoms with van der Waals surface area (Å²) in [5, 5.41) is 25.8. The molecule has 7 nitrogen and oxygen atoms in total. The van der Waals surface area contributed by atoms with Gasteiger partial charge in [-0.2, -0.15) is 0 Å². The normalized spacial score (nSPS) is 36.1. The number of aliphatic hydroxyl groups is 1. The van der Waals surface area contributed by atoms with Crippen molar-refractivity contribution in [2.45, 2.75) is 88.3 Å². The molecule has 0 radical (unpaired) electrons. The van der Waals surface area contributed by atoms with Crippen LogP contribution in [-0.4, -0.2) is 79.6 Å². The van der Waals surface area contributed by atoms with Gasteiger partial charge in [-0.1, -0.05) is 24.3 Å². The number of carbonyl (C=O) groups excluding carboxylic acids is 1. The predicted octanol–water partition coefficient (Wildman–Crippen LogP) is 5.96. The van der Waals surface area contributed by atoms with E-state index in [1.54, 1.807) is 6.07 Å². The molecule has 1 aromatic carbocycles. The van der Waals surface area contributed by atoms with Gasteiger partial charge < -0.3 is 20.1 Å². The van der Waals surface area contributed by atoms with Crippen LogP contribution in [0.4, 0.5) is 0 Å². The van der Waals surface area contributed by atoms with Crippen molar-refractivity contribution in [3.05, 3.63) is 54.4 Å². The molecule has 2 aromatic heterocycles. The second-order valence-corrected chi connectivity index (χ2v) is 14.0. The van der Waals surface area contributed by atoms with E-state index in [1.165, 1.54) is 18.4 Å². The number of phenols is 1. The Bertz CT molecular complexity index is 1630. The fourth-order valence-corrected chi connectivity index (χ4v) is 9.92. The van der Waals surface area contributed by atoms with Crippen LogP contribution >= 0.6 is 0 Å². The van der Waals surface area contributed by atoms with Crippen molar-refractivity contribution in [1.82, 2.24) is 19.8 Å². The lowest BCUT2D eigenvalue weighted by molar-refractivity contribution is -0.120. The monoisotopic (exact) mass is 580 g/mol. The average molecular weight is 581 g/mol. The average Bonchev–Trinajstić information content (AvgIpc) is 3.52. The molecule has 3 N–H and O–H groups in total. The third kappa shape index (κ3) is 4.41. The number of para-hydroxylation sites is 1. The number of carbonyl (C=O) groups is 1. The molecule has 6 atom stereocenters. The van der Waals surface area contributed by atoms with Gasteiger partial charge in [0.2, 0.25) is 0 Å². The first kappa shape index (κ1) is 27.5. The Morgan fingerprint density at radius 3 is 2.77 bits per heavy atom. The van der Waals surface area contributed by atoms with Crippen LogP contribution in [0, 0.1) is 11.3 Å². The number of aromatic hydroxyl groups is 1. The van der Waals surface area contributed by atoms with E-state index in [4.69, 9.17) is 4.98 Å². The number of nitrogens with one attached hydrogen (secondary N) is 1. The first-order chi connectivity index (χ1) is 21.0. The molecule has 2 unspecified atom stereocenters. The van der Waals surface area contributed by atoms with Crippen molar-refractivity contribution >= 4 is 33.2 Å². The third-order valence-corrected chi connectivity index (χ3v) is 11.6. The van der Waals surface area contributed by atoms with Gasteiger partial charge in [-0.15, -0.1) is 0 Å². The molecule has 3 saturated heterocycles. The number of phenolic OH excluding ortho intramolecular Hbond substituents is 1. The minimum Gasteiger partial charge on any atom is -0.506 e. The largest absolute Gasteiger partial charge is 0.506 e. The minimum atomic E-state index is -1.01. The number of ketones is 1. The number of nitrogens with zero attached hydrogens (tertiary/aromatic N) is 3. The first-order valence-electron chi connectivity index (χ1n) is 16.7. The van der Waals surface area contributed by atoms with E-state index in [-0.39, 0.29) is 23.1 Å². The Kier molecular flexibility index (Phi) is 6.77. The van der Waals surface area contributed by atoms with Gasteiger partial charge in [0.15, 0.2) is 0 Å². The van der Waals surface area contributed by atoms with Crippen LogP contribution in [0.3, 0.4) is 0 Å². The molecule has 4 aliphatic heterocycles. The number of H-pyrrole nitrogens is 1. The van der Waals surface area contributed by atoms with Gasteiger partial charge in [-0.3, -0.25) is 14.7 Å². The molecule has 3 aromatic rings. The van der Waals surface area contributed by atoms with Crippen LogP contribution in [0.25, 0.3) is 27.4 Å². The van der Waals surface area contributed by atoms with Crippen LogP contribution in [0.1, 0.15) is 76.3 Å². The molecule has 3 fully saturated rings. The summed E-state index contributed by atoms with van der Waals surface area (Å²) in [6.07, 6.45) is 18.9. The third-order valence-electron chi connectivity index (χ3n) is 11.6. The molecule has 5 aliphatic rings. The number of rotatable bonds is 1. The van der Waals surface area contributed by atoms with E-state index in [9.17, 15) is 15.0 Å². The molecular formula is C36H44N4O3. The highest BCUT2D eigenvalue weighted by atomic mass is 16.3. The topological polar surface area (TPSA) is 92.7 Å². The number of allylic oxidation sites excluding steroid dienone is 3. The van der Waals surface area contributed by atoms with Crippen molar-refractivity contribution in [1.29, 1.82) is 0 Å². The lowest BCUT2D eigenvalue weighted by Crippen LogP contribution is -2.65. The van der Waals surface area contributed by atoms with Gasteiger partial charge >= 0.3 is 0 Å². The quantitative estimate of drug-likeness (QED) is 0.308. The zero-order valence-electron chi connectivity index (χ0n) is 25.1. The molecule has 226 valence electrons. The molecule has 6 heterocycles. The van der Waals surface area contributed by atoms with Gasteiger partial charge in [0.1, 0.15) is 11.5 Å². The standard InChI is InChI=1S/C36H44N4O3/c41-25-9-8-19-40-24(12-13-25)21-35-23-39-18-6-4-2-1-3-5-16-36(43,34(35)40)22-28(29(35)15-20-39)32-33-27(14-17-37-32)26-10-7-11-30(42)31(26)38-33/h1,3,7,10-11,14,17,22,24,29,34,38,42-43H,2,4-6,8-9,12-13,15-16,18-21,23H2/b3-1+/t24?,29-,34+,35-,36-/m0/s1. The van der Waals surface area contributed by atoms with Gasteiger partial charge in [0, 0.05) is 53.9 Å². The lowest BCUT2D eigenvalue weighted by atomic mass is 9.54. The maximum absolute atomic E-state index is 13.1. The Balaban J connectivity index is 1.34. The zero-order valence-corrected chi connectivity index (χ0v) is 25.1. The van der Waals surface area contributed by atoms with Gasteiger partial charge in [-0.25, -0.2) is 0 Å². The molecular weight excluding hydrogens is 536 g/mol. The number of hydrogen-bond donors (Lipinski definition) is 3. The number of Topliss-reactive ketones (excluding diaryl/α,β-unsaturated/α-hetero) is 1. The summed E-state index contributed by atoms with van der Waals surface area (Å²) in [5.41, 5.74) is 2.63. The molecule has 7 heteroatoms. The minimum absolute atomic E-state index is 0.0230. The summed E-state index contributed by atoms with van der Waals surface area (Å²) in [7, 11) is 0. The highest BCUT2D eigenvalue weighted by Crippen LogP contribution is 2.62. The fourth-order valence-electron chi connectivity index (χ4n) is 9.92. The van der Waals surface area contributed by atoms with E-state index in [2.05, 4.69) is 39.1 Å². The van der Waals surface area contributed by atoms with Crippen LogP contribution in [-0.2, 0) is 4.79 Å².